The van der Waals surface area contributed by atoms with Crippen molar-refractivity contribution < 1.29 is 19.2 Å². The fourth-order valence-electron chi connectivity index (χ4n) is 5.54. The molecule has 0 radical (unpaired) electrons. The molecule has 2 aliphatic carbocycles. The molecular formula is C19H26N2O4. The fourth-order valence-corrected chi connectivity index (χ4v) is 5.54. The lowest BCUT2D eigenvalue weighted by Gasteiger charge is -2.33. The van der Waals surface area contributed by atoms with E-state index in [2.05, 4.69) is 6.92 Å². The van der Waals surface area contributed by atoms with E-state index in [0.29, 0.717) is 18.8 Å². The lowest BCUT2D eigenvalue weighted by molar-refractivity contribution is -0.143. The van der Waals surface area contributed by atoms with E-state index in [1.807, 2.05) is 0 Å². The predicted octanol–water partition coefficient (Wildman–Crippen LogP) is 1.58. The van der Waals surface area contributed by atoms with Crippen LogP contribution in [0.2, 0.25) is 0 Å². The second-order valence-electron chi connectivity index (χ2n) is 8.26. The normalized spacial score (nSPS) is 41.4. The average Bonchev–Trinajstić information content (AvgIpc) is 3.00. The molecule has 0 aromatic carbocycles. The maximum atomic E-state index is 13.0. The monoisotopic (exact) mass is 346 g/mol. The van der Waals surface area contributed by atoms with Crippen LogP contribution in [-0.4, -0.2) is 46.5 Å². The second kappa shape index (κ2) is 5.92. The molecule has 0 N–H and O–H groups in total. The maximum Gasteiger partial charge on any atom is 0.233 e. The van der Waals surface area contributed by atoms with Gasteiger partial charge >= 0.3 is 0 Å². The Hall–Kier alpha value is -1.72. The van der Waals surface area contributed by atoms with E-state index in [9.17, 15) is 19.2 Å². The number of likely N-dealkylation sites (tertiary alicyclic amines) is 2. The number of carbonyl (C=O) groups is 4. The van der Waals surface area contributed by atoms with E-state index in [4.69, 9.17) is 0 Å². The first-order chi connectivity index (χ1) is 11.9. The molecule has 0 aromatic heterocycles. The molecule has 4 rings (SSSR count). The number of rotatable bonds is 2. The van der Waals surface area contributed by atoms with Crippen molar-refractivity contribution in [2.45, 2.75) is 57.9 Å². The lowest BCUT2D eigenvalue weighted by atomic mass is 9.70. The minimum Gasteiger partial charge on any atom is -0.285 e. The van der Waals surface area contributed by atoms with Crippen LogP contribution in [0.5, 0.6) is 0 Å². The smallest absolute Gasteiger partial charge is 0.233 e. The number of hydrogen-bond acceptors (Lipinski definition) is 4. The quantitative estimate of drug-likeness (QED) is 0.712. The van der Waals surface area contributed by atoms with E-state index in [1.165, 1.54) is 16.8 Å². The van der Waals surface area contributed by atoms with Crippen molar-refractivity contribution in [2.24, 2.45) is 29.6 Å². The van der Waals surface area contributed by atoms with Crippen LogP contribution in [0.4, 0.5) is 0 Å². The van der Waals surface area contributed by atoms with Gasteiger partial charge < -0.3 is 0 Å². The SMILES string of the molecule is CCC1CCC(N2C(=O)C3CC4C(=O)N(C)C(=O)C4CC3C2=O)CC1. The molecule has 4 fully saturated rings. The van der Waals surface area contributed by atoms with E-state index >= 15 is 0 Å². The van der Waals surface area contributed by atoms with Crippen molar-refractivity contribution in [3.05, 3.63) is 0 Å². The van der Waals surface area contributed by atoms with Gasteiger partial charge in [-0.15, -0.1) is 0 Å². The van der Waals surface area contributed by atoms with Crippen molar-refractivity contribution in [3.63, 3.8) is 0 Å². The summed E-state index contributed by atoms with van der Waals surface area (Å²) in [5.41, 5.74) is 0. The Labute approximate surface area is 147 Å². The lowest BCUT2D eigenvalue weighted by Crippen LogP contribution is -2.42. The van der Waals surface area contributed by atoms with Gasteiger partial charge in [-0.1, -0.05) is 13.3 Å². The molecule has 4 amide bonds. The van der Waals surface area contributed by atoms with E-state index in [0.717, 1.165) is 32.1 Å². The summed E-state index contributed by atoms with van der Waals surface area (Å²) >= 11 is 0. The van der Waals surface area contributed by atoms with Crippen LogP contribution in [0.25, 0.3) is 0 Å². The number of nitrogens with zero attached hydrogens (tertiary/aromatic N) is 2. The summed E-state index contributed by atoms with van der Waals surface area (Å²) in [5.74, 6) is -1.48. The molecule has 4 unspecified atom stereocenters. The average molecular weight is 346 g/mol. The highest BCUT2D eigenvalue weighted by molar-refractivity contribution is 6.09. The number of amides is 4. The van der Waals surface area contributed by atoms with Gasteiger partial charge in [-0.05, 0) is 44.4 Å². The summed E-state index contributed by atoms with van der Waals surface area (Å²) in [6.45, 7) is 2.19. The van der Waals surface area contributed by atoms with Gasteiger partial charge in [0.1, 0.15) is 0 Å². The van der Waals surface area contributed by atoms with E-state index in [-0.39, 0.29) is 29.7 Å². The molecule has 25 heavy (non-hydrogen) atoms. The third kappa shape index (κ3) is 2.36. The zero-order valence-corrected chi connectivity index (χ0v) is 14.9. The van der Waals surface area contributed by atoms with Crippen LogP contribution in [-0.2, 0) is 19.2 Å². The first-order valence-electron chi connectivity index (χ1n) is 9.62. The van der Waals surface area contributed by atoms with Crippen molar-refractivity contribution in [2.75, 3.05) is 7.05 Å². The van der Waals surface area contributed by atoms with Crippen LogP contribution in [0.1, 0.15) is 51.9 Å². The fraction of sp³-hybridized carbons (Fsp3) is 0.789. The highest BCUT2D eigenvalue weighted by Gasteiger charge is 2.59. The summed E-state index contributed by atoms with van der Waals surface area (Å²) < 4.78 is 0. The molecule has 6 heteroatoms. The van der Waals surface area contributed by atoms with Gasteiger partial charge in [0, 0.05) is 13.1 Å². The van der Waals surface area contributed by atoms with Crippen molar-refractivity contribution in [1.29, 1.82) is 0 Å². The molecule has 2 saturated heterocycles. The molecule has 0 aromatic rings. The van der Waals surface area contributed by atoms with Gasteiger partial charge in [-0.25, -0.2) is 0 Å². The first kappa shape index (κ1) is 16.7. The molecule has 2 aliphatic heterocycles. The molecular weight excluding hydrogens is 320 g/mol. The van der Waals surface area contributed by atoms with Crippen molar-refractivity contribution >= 4 is 23.6 Å². The number of fused-ring (bicyclic) bond motifs is 2. The zero-order valence-electron chi connectivity index (χ0n) is 14.9. The predicted molar refractivity (Wildman–Crippen MR) is 88.9 cm³/mol. The van der Waals surface area contributed by atoms with Crippen LogP contribution >= 0.6 is 0 Å². The molecule has 0 bridgehead atoms. The third-order valence-corrected chi connectivity index (χ3v) is 7.15. The van der Waals surface area contributed by atoms with Gasteiger partial charge in [0.25, 0.3) is 0 Å². The van der Waals surface area contributed by atoms with Crippen molar-refractivity contribution in [3.8, 4) is 0 Å². The van der Waals surface area contributed by atoms with Gasteiger partial charge in [-0.2, -0.15) is 0 Å². The highest BCUT2D eigenvalue weighted by atomic mass is 16.2. The maximum absolute atomic E-state index is 13.0. The summed E-state index contributed by atoms with van der Waals surface area (Å²) in [6.07, 6.45) is 5.79. The summed E-state index contributed by atoms with van der Waals surface area (Å²) in [5, 5.41) is 0. The Kier molecular flexibility index (Phi) is 3.96. The molecule has 136 valence electrons. The summed E-state index contributed by atoms with van der Waals surface area (Å²) in [7, 11) is 1.50. The number of hydrogen-bond donors (Lipinski definition) is 0. The van der Waals surface area contributed by atoms with Crippen molar-refractivity contribution in [1.82, 2.24) is 9.80 Å². The Bertz CT molecular complexity index is 595. The Morgan fingerprint density at radius 2 is 1.20 bits per heavy atom. The third-order valence-electron chi connectivity index (χ3n) is 7.15. The summed E-state index contributed by atoms with van der Waals surface area (Å²) in [6, 6.07) is 0.0160. The van der Waals surface area contributed by atoms with E-state index in [1.54, 1.807) is 0 Å². The molecule has 6 nitrogen and oxygen atoms in total. The Morgan fingerprint density at radius 3 is 1.64 bits per heavy atom. The largest absolute Gasteiger partial charge is 0.285 e. The minimum absolute atomic E-state index is 0.0160. The molecule has 2 heterocycles. The number of carbonyl (C=O) groups excluding carboxylic acids is 4. The van der Waals surface area contributed by atoms with Crippen LogP contribution in [0.15, 0.2) is 0 Å². The minimum atomic E-state index is -0.411. The molecule has 0 spiro atoms. The summed E-state index contributed by atoms with van der Waals surface area (Å²) in [4.78, 5) is 53.1. The standard InChI is InChI=1S/C19H26N2O4/c1-3-10-4-6-11(7-5-10)21-18(24)14-8-12-13(9-15(14)19(21)25)17(23)20(2)16(12)22/h10-15H,3-9H2,1-2H3. The number of imide groups is 2. The Morgan fingerprint density at radius 1 is 0.760 bits per heavy atom. The molecule has 4 aliphatic rings. The topological polar surface area (TPSA) is 74.8 Å². The van der Waals surface area contributed by atoms with Crippen LogP contribution < -0.4 is 0 Å². The van der Waals surface area contributed by atoms with Gasteiger partial charge in [0.05, 0.1) is 23.7 Å². The van der Waals surface area contributed by atoms with Gasteiger partial charge in [0.15, 0.2) is 0 Å². The first-order valence-corrected chi connectivity index (χ1v) is 9.62. The van der Waals surface area contributed by atoms with Gasteiger partial charge in [-0.3, -0.25) is 29.0 Å². The van der Waals surface area contributed by atoms with Crippen LogP contribution in [0, 0.1) is 29.6 Å². The van der Waals surface area contributed by atoms with Gasteiger partial charge in [0.2, 0.25) is 23.6 Å². The van der Waals surface area contributed by atoms with Crippen LogP contribution in [0.3, 0.4) is 0 Å². The Balaban J connectivity index is 1.53. The highest BCUT2D eigenvalue weighted by Crippen LogP contribution is 2.48. The molecule has 4 atom stereocenters. The second-order valence-corrected chi connectivity index (χ2v) is 8.26. The van der Waals surface area contributed by atoms with E-state index < -0.39 is 23.7 Å². The molecule has 2 saturated carbocycles. The zero-order chi connectivity index (χ0) is 17.9.